The van der Waals surface area contributed by atoms with Crippen LogP contribution in [0.1, 0.15) is 18.8 Å². The van der Waals surface area contributed by atoms with Gasteiger partial charge in [0, 0.05) is 19.1 Å². The highest BCUT2D eigenvalue weighted by atomic mass is 15.1. The summed E-state index contributed by atoms with van der Waals surface area (Å²) in [5, 5.41) is 3.35. The number of para-hydroxylation sites is 2. The van der Waals surface area contributed by atoms with E-state index in [2.05, 4.69) is 53.5 Å². The molecule has 0 aliphatic heterocycles. The molecule has 1 aromatic carbocycles. The van der Waals surface area contributed by atoms with Gasteiger partial charge in [0.05, 0.1) is 11.0 Å². The third kappa shape index (κ3) is 2.39. The number of rotatable bonds is 5. The van der Waals surface area contributed by atoms with Gasteiger partial charge in [0.2, 0.25) is 0 Å². The highest BCUT2D eigenvalue weighted by Gasteiger charge is 2.11. The molecule has 2 rings (SSSR count). The van der Waals surface area contributed by atoms with Crippen LogP contribution in [0.3, 0.4) is 0 Å². The van der Waals surface area contributed by atoms with Crippen LogP contribution >= 0.6 is 0 Å². The quantitative estimate of drug-likeness (QED) is 0.631. The zero-order valence-corrected chi connectivity index (χ0v) is 10.5. The van der Waals surface area contributed by atoms with Crippen LogP contribution in [0.25, 0.3) is 11.0 Å². The molecule has 1 unspecified atom stereocenters. The number of nitrogens with zero attached hydrogens (tertiary/aromatic N) is 2. The summed E-state index contributed by atoms with van der Waals surface area (Å²) in [6.07, 6.45) is 1.88. The van der Waals surface area contributed by atoms with Crippen molar-refractivity contribution in [2.45, 2.75) is 19.9 Å². The molecule has 0 spiro atoms. The normalized spacial score (nSPS) is 12.8. The first-order valence-corrected chi connectivity index (χ1v) is 5.99. The Labute approximate surface area is 102 Å². The smallest absolute Gasteiger partial charge is 0.107 e. The summed E-state index contributed by atoms with van der Waals surface area (Å²) in [5.74, 6) is 1.07. The van der Waals surface area contributed by atoms with E-state index in [-0.39, 0.29) is 0 Å². The van der Waals surface area contributed by atoms with Crippen molar-refractivity contribution in [1.29, 1.82) is 0 Å². The van der Waals surface area contributed by atoms with E-state index in [0.29, 0.717) is 6.04 Å². The molecular weight excluding hydrogens is 210 g/mol. The van der Waals surface area contributed by atoms with E-state index >= 15 is 0 Å². The fraction of sp³-hybridized carbons (Fsp3) is 0.357. The van der Waals surface area contributed by atoms with E-state index in [4.69, 9.17) is 0 Å². The molecule has 2 aromatic rings. The summed E-state index contributed by atoms with van der Waals surface area (Å²) >= 11 is 0. The van der Waals surface area contributed by atoms with Gasteiger partial charge < -0.3 is 9.88 Å². The molecule has 17 heavy (non-hydrogen) atoms. The average Bonchev–Trinajstić information content (AvgIpc) is 2.65. The van der Waals surface area contributed by atoms with E-state index in [0.717, 1.165) is 24.4 Å². The molecule has 0 aliphatic carbocycles. The fourth-order valence-corrected chi connectivity index (χ4v) is 2.21. The molecule has 3 heteroatoms. The van der Waals surface area contributed by atoms with Gasteiger partial charge in [0.15, 0.2) is 0 Å². The lowest BCUT2D eigenvalue weighted by molar-refractivity contribution is 0.509. The number of nitrogens with one attached hydrogen (secondary N) is 1. The Morgan fingerprint density at radius 3 is 3.00 bits per heavy atom. The van der Waals surface area contributed by atoms with Crippen molar-refractivity contribution in [3.8, 4) is 0 Å². The molecule has 0 amide bonds. The average molecular weight is 229 g/mol. The highest BCUT2D eigenvalue weighted by Crippen LogP contribution is 2.20. The molecule has 1 N–H and O–H groups in total. The van der Waals surface area contributed by atoms with Crippen molar-refractivity contribution in [2.75, 3.05) is 13.1 Å². The van der Waals surface area contributed by atoms with Crippen LogP contribution in [0.5, 0.6) is 0 Å². The topological polar surface area (TPSA) is 29.9 Å². The first kappa shape index (κ1) is 11.9. The lowest BCUT2D eigenvalue weighted by atomic mass is 10.2. The Balaban J connectivity index is 2.27. The number of aryl methyl sites for hydroxylation is 1. The monoisotopic (exact) mass is 229 g/mol. The molecule has 0 saturated heterocycles. The van der Waals surface area contributed by atoms with Crippen molar-refractivity contribution in [3.63, 3.8) is 0 Å². The zero-order chi connectivity index (χ0) is 12.3. The number of benzene rings is 1. The summed E-state index contributed by atoms with van der Waals surface area (Å²) < 4.78 is 2.28. The van der Waals surface area contributed by atoms with Crippen LogP contribution in [0.2, 0.25) is 0 Å². The first-order valence-electron chi connectivity index (χ1n) is 5.99. The standard InChI is InChI=1S/C14H19N3/c1-4-9-15-10-11(2)17-12(3)16-13-7-5-6-8-14(13)17/h4-8,11,15H,1,9-10H2,2-3H3. The molecule has 90 valence electrons. The Kier molecular flexibility index (Phi) is 3.59. The maximum atomic E-state index is 4.58. The van der Waals surface area contributed by atoms with E-state index in [1.54, 1.807) is 0 Å². The van der Waals surface area contributed by atoms with Gasteiger partial charge in [-0.3, -0.25) is 0 Å². The third-order valence-electron chi connectivity index (χ3n) is 2.94. The molecule has 1 heterocycles. The SMILES string of the molecule is C=CCNCC(C)n1c(C)nc2ccccc21. The van der Waals surface area contributed by atoms with Crippen LogP contribution < -0.4 is 5.32 Å². The van der Waals surface area contributed by atoms with Crippen molar-refractivity contribution in [3.05, 3.63) is 42.7 Å². The minimum Gasteiger partial charge on any atom is -0.324 e. The van der Waals surface area contributed by atoms with Crippen molar-refractivity contribution < 1.29 is 0 Å². The van der Waals surface area contributed by atoms with Crippen LogP contribution in [0.4, 0.5) is 0 Å². The Morgan fingerprint density at radius 2 is 2.24 bits per heavy atom. The van der Waals surface area contributed by atoms with E-state index in [1.807, 2.05) is 12.1 Å². The molecule has 1 atom stereocenters. The number of fused-ring (bicyclic) bond motifs is 1. The molecular formula is C14H19N3. The van der Waals surface area contributed by atoms with E-state index in [9.17, 15) is 0 Å². The van der Waals surface area contributed by atoms with Crippen molar-refractivity contribution >= 4 is 11.0 Å². The second-order valence-corrected chi connectivity index (χ2v) is 4.31. The predicted molar refractivity (Wildman–Crippen MR) is 72.2 cm³/mol. The third-order valence-corrected chi connectivity index (χ3v) is 2.94. The molecule has 0 saturated carbocycles. The van der Waals surface area contributed by atoms with Gasteiger partial charge in [-0.2, -0.15) is 0 Å². The minimum atomic E-state index is 0.391. The molecule has 0 radical (unpaired) electrons. The van der Waals surface area contributed by atoms with Crippen molar-refractivity contribution in [1.82, 2.24) is 14.9 Å². The van der Waals surface area contributed by atoms with Crippen molar-refractivity contribution in [2.24, 2.45) is 0 Å². The van der Waals surface area contributed by atoms with E-state index < -0.39 is 0 Å². The summed E-state index contributed by atoms with van der Waals surface area (Å²) in [5.41, 5.74) is 2.28. The highest BCUT2D eigenvalue weighted by molar-refractivity contribution is 5.76. The molecule has 0 bridgehead atoms. The number of hydrogen-bond donors (Lipinski definition) is 1. The van der Waals surface area contributed by atoms with Gasteiger partial charge >= 0.3 is 0 Å². The lowest BCUT2D eigenvalue weighted by Gasteiger charge is -2.16. The molecule has 1 aromatic heterocycles. The first-order chi connectivity index (χ1) is 8.24. The largest absolute Gasteiger partial charge is 0.324 e. The maximum Gasteiger partial charge on any atom is 0.107 e. The van der Waals surface area contributed by atoms with Gasteiger partial charge in [-0.05, 0) is 26.0 Å². The number of hydrogen-bond acceptors (Lipinski definition) is 2. The second kappa shape index (κ2) is 5.15. The fourth-order valence-electron chi connectivity index (χ4n) is 2.21. The second-order valence-electron chi connectivity index (χ2n) is 4.31. The Bertz CT molecular complexity index is 513. The summed E-state index contributed by atoms with van der Waals surface area (Å²) in [4.78, 5) is 4.58. The summed E-state index contributed by atoms with van der Waals surface area (Å²) in [6, 6.07) is 8.66. The van der Waals surface area contributed by atoms with E-state index in [1.165, 1.54) is 5.52 Å². The van der Waals surface area contributed by atoms with Crippen LogP contribution in [0, 0.1) is 6.92 Å². The summed E-state index contributed by atoms with van der Waals surface area (Å²) in [6.45, 7) is 9.74. The number of aromatic nitrogens is 2. The van der Waals surface area contributed by atoms with Crippen LogP contribution in [-0.4, -0.2) is 22.6 Å². The molecule has 0 fully saturated rings. The van der Waals surface area contributed by atoms with Crippen LogP contribution in [0.15, 0.2) is 36.9 Å². The molecule has 0 aliphatic rings. The minimum absolute atomic E-state index is 0.391. The van der Waals surface area contributed by atoms with Gasteiger partial charge in [-0.25, -0.2) is 4.98 Å². The Hall–Kier alpha value is -1.61. The summed E-state index contributed by atoms with van der Waals surface area (Å²) in [7, 11) is 0. The number of imidazole rings is 1. The van der Waals surface area contributed by atoms with Gasteiger partial charge in [0.25, 0.3) is 0 Å². The van der Waals surface area contributed by atoms with Gasteiger partial charge in [-0.15, -0.1) is 6.58 Å². The van der Waals surface area contributed by atoms with Crippen LogP contribution in [-0.2, 0) is 0 Å². The Morgan fingerprint density at radius 1 is 1.47 bits per heavy atom. The lowest BCUT2D eigenvalue weighted by Crippen LogP contribution is -2.24. The van der Waals surface area contributed by atoms with Gasteiger partial charge in [0.1, 0.15) is 5.82 Å². The zero-order valence-electron chi connectivity index (χ0n) is 10.5. The molecule has 3 nitrogen and oxygen atoms in total. The maximum absolute atomic E-state index is 4.58. The van der Waals surface area contributed by atoms with Gasteiger partial charge in [-0.1, -0.05) is 18.2 Å². The predicted octanol–water partition coefficient (Wildman–Crippen LogP) is 2.68.